The molecule has 2 rings (SSSR count). The average Bonchev–Trinajstić information content (AvgIpc) is 3.04. The van der Waals surface area contributed by atoms with E-state index in [2.05, 4.69) is 24.6 Å². The third-order valence-corrected chi connectivity index (χ3v) is 6.48. The van der Waals surface area contributed by atoms with Gasteiger partial charge in [0, 0.05) is 16.2 Å². The van der Waals surface area contributed by atoms with Crippen LogP contribution in [-0.2, 0) is 0 Å². The fraction of sp³-hybridized carbons (Fsp3) is 0.826. The maximum atomic E-state index is 6.18. The molecule has 2 nitrogen and oxygen atoms in total. The molecule has 0 aliphatic carbocycles. The highest BCUT2D eigenvalue weighted by Gasteiger charge is 2.34. The minimum Gasteiger partial charge on any atom is -0.488 e. The Labute approximate surface area is 165 Å². The Hall–Kier alpha value is -0.700. The van der Waals surface area contributed by atoms with Crippen LogP contribution in [0.25, 0.3) is 0 Å². The molecule has 0 saturated carbocycles. The second-order valence-corrected chi connectivity index (χ2v) is 8.96. The molecule has 1 aliphatic heterocycles. The van der Waals surface area contributed by atoms with Crippen molar-refractivity contribution < 1.29 is 9.47 Å². The molecular formula is C23H40O2S. The van der Waals surface area contributed by atoms with Gasteiger partial charge in [-0.2, -0.15) is 0 Å². The van der Waals surface area contributed by atoms with Gasteiger partial charge in [0.2, 0.25) is 0 Å². The van der Waals surface area contributed by atoms with Gasteiger partial charge in [-0.05, 0) is 12.8 Å². The van der Waals surface area contributed by atoms with Crippen LogP contribution in [0.5, 0.6) is 11.5 Å². The average molecular weight is 381 g/mol. The molecule has 3 heteroatoms. The minimum atomic E-state index is 0.214. The van der Waals surface area contributed by atoms with Crippen molar-refractivity contribution in [3.63, 3.8) is 0 Å². The number of hydrogen-bond acceptors (Lipinski definition) is 3. The molecule has 2 heterocycles. The Morgan fingerprint density at radius 1 is 0.692 bits per heavy atom. The van der Waals surface area contributed by atoms with Crippen LogP contribution in [0.3, 0.4) is 0 Å². The summed E-state index contributed by atoms with van der Waals surface area (Å²) < 4.78 is 12.4. The van der Waals surface area contributed by atoms with E-state index >= 15 is 0 Å². The van der Waals surface area contributed by atoms with E-state index in [1.165, 1.54) is 89.9 Å². The molecule has 1 aliphatic rings. The summed E-state index contributed by atoms with van der Waals surface area (Å²) in [7, 11) is 0. The van der Waals surface area contributed by atoms with Gasteiger partial charge < -0.3 is 9.47 Å². The van der Waals surface area contributed by atoms with Crippen molar-refractivity contribution in [1.82, 2.24) is 0 Å². The van der Waals surface area contributed by atoms with Gasteiger partial charge in [0.25, 0.3) is 0 Å². The lowest BCUT2D eigenvalue weighted by molar-refractivity contribution is 0.0782. The molecule has 0 saturated heterocycles. The molecule has 0 fully saturated rings. The van der Waals surface area contributed by atoms with Gasteiger partial charge in [-0.3, -0.25) is 0 Å². The minimum absolute atomic E-state index is 0.214. The molecule has 0 spiro atoms. The Balaban J connectivity index is 1.79. The molecule has 1 aromatic rings. The first-order chi connectivity index (χ1) is 12.8. The van der Waals surface area contributed by atoms with Gasteiger partial charge in [-0.25, -0.2) is 0 Å². The summed E-state index contributed by atoms with van der Waals surface area (Å²) in [5.74, 6) is 1.92. The first-order valence-corrected chi connectivity index (χ1v) is 12.1. The highest BCUT2D eigenvalue weighted by molar-refractivity contribution is 7.08. The van der Waals surface area contributed by atoms with Gasteiger partial charge >= 0.3 is 0 Å². The van der Waals surface area contributed by atoms with Crippen LogP contribution in [0.1, 0.15) is 104 Å². The molecule has 150 valence electrons. The fourth-order valence-corrected chi connectivity index (χ4v) is 4.65. The zero-order chi connectivity index (χ0) is 18.5. The van der Waals surface area contributed by atoms with E-state index in [9.17, 15) is 0 Å². The maximum absolute atomic E-state index is 6.18. The summed E-state index contributed by atoms with van der Waals surface area (Å²) in [6.07, 6.45) is 18.8. The van der Waals surface area contributed by atoms with E-state index in [1.807, 2.05) is 0 Å². The normalized spacial score (nSPS) is 15.8. The zero-order valence-corrected chi connectivity index (χ0v) is 18.0. The largest absolute Gasteiger partial charge is 0.488 e. The first kappa shape index (κ1) is 21.6. The number of hydrogen-bond donors (Lipinski definition) is 0. The van der Waals surface area contributed by atoms with Gasteiger partial charge in [0.15, 0.2) is 11.5 Å². The Bertz CT molecular complexity index is 428. The number of rotatable bonds is 14. The monoisotopic (exact) mass is 380 g/mol. The summed E-state index contributed by atoms with van der Waals surface area (Å²) in [5.41, 5.74) is 0.214. The summed E-state index contributed by atoms with van der Waals surface area (Å²) in [6.45, 7) is 6.24. The number of unbranched alkanes of at least 4 members (excludes halogenated alkanes) is 10. The topological polar surface area (TPSA) is 18.5 Å². The van der Waals surface area contributed by atoms with Crippen molar-refractivity contribution in [2.45, 2.75) is 104 Å². The highest BCUT2D eigenvalue weighted by Crippen LogP contribution is 2.41. The molecule has 0 bridgehead atoms. The van der Waals surface area contributed by atoms with E-state index in [4.69, 9.17) is 9.47 Å². The molecule has 1 aromatic heterocycles. The van der Waals surface area contributed by atoms with Gasteiger partial charge in [-0.15, -0.1) is 11.3 Å². The number of ether oxygens (including phenoxy) is 2. The lowest BCUT2D eigenvalue weighted by atomic mass is 9.79. The third-order valence-electron chi connectivity index (χ3n) is 5.78. The number of thiophene rings is 1. The van der Waals surface area contributed by atoms with E-state index in [0.29, 0.717) is 0 Å². The van der Waals surface area contributed by atoms with Crippen LogP contribution in [0.15, 0.2) is 10.8 Å². The first-order valence-electron chi connectivity index (χ1n) is 11.1. The number of fused-ring (bicyclic) bond motifs is 1. The molecular weight excluding hydrogens is 340 g/mol. The maximum Gasteiger partial charge on any atom is 0.171 e. The summed E-state index contributed by atoms with van der Waals surface area (Å²) in [6, 6.07) is 0. The summed E-state index contributed by atoms with van der Waals surface area (Å²) >= 11 is 1.67. The van der Waals surface area contributed by atoms with E-state index in [-0.39, 0.29) is 5.41 Å². The second kappa shape index (κ2) is 12.6. The summed E-state index contributed by atoms with van der Waals surface area (Å²) in [4.78, 5) is 0. The van der Waals surface area contributed by atoms with Crippen molar-refractivity contribution in [1.29, 1.82) is 0 Å². The third kappa shape index (κ3) is 7.50. The molecule has 0 N–H and O–H groups in total. The lowest BCUT2D eigenvalue weighted by Gasteiger charge is -2.31. The lowest BCUT2D eigenvalue weighted by Crippen LogP contribution is -2.33. The van der Waals surface area contributed by atoms with Crippen molar-refractivity contribution in [2.24, 2.45) is 5.41 Å². The van der Waals surface area contributed by atoms with Crippen LogP contribution < -0.4 is 9.47 Å². The van der Waals surface area contributed by atoms with Gasteiger partial charge in [0.05, 0.1) is 13.2 Å². The molecule has 0 radical (unpaired) electrons. The molecule has 0 aromatic carbocycles. The molecule has 26 heavy (non-hydrogen) atoms. The van der Waals surface area contributed by atoms with Crippen LogP contribution in [0.4, 0.5) is 0 Å². The zero-order valence-electron chi connectivity index (χ0n) is 17.2. The predicted octanol–water partition coefficient (Wildman–Crippen LogP) is 8.01. The van der Waals surface area contributed by atoms with Crippen molar-refractivity contribution >= 4 is 11.3 Å². The second-order valence-electron chi connectivity index (χ2n) is 8.21. The van der Waals surface area contributed by atoms with Crippen molar-refractivity contribution in [3.05, 3.63) is 10.8 Å². The Morgan fingerprint density at radius 2 is 1.12 bits per heavy atom. The Morgan fingerprint density at radius 3 is 1.58 bits per heavy atom. The standard InChI is InChI=1S/C23H40O2S/c1-3-5-7-9-11-13-15-23(16-14-12-10-8-6-4-2)19-24-21-17-26-18-22(21)25-20-23/h17-18H,3-16,19-20H2,1-2H3. The van der Waals surface area contributed by atoms with Gasteiger partial charge in [0.1, 0.15) is 0 Å². The van der Waals surface area contributed by atoms with E-state index in [1.54, 1.807) is 11.3 Å². The smallest absolute Gasteiger partial charge is 0.171 e. The van der Waals surface area contributed by atoms with Crippen LogP contribution in [0, 0.1) is 5.41 Å². The molecule has 0 amide bonds. The molecule has 0 atom stereocenters. The van der Waals surface area contributed by atoms with Gasteiger partial charge in [-0.1, -0.05) is 90.9 Å². The van der Waals surface area contributed by atoms with E-state index < -0.39 is 0 Å². The Kier molecular flexibility index (Phi) is 10.5. The summed E-state index contributed by atoms with van der Waals surface area (Å²) in [5, 5.41) is 4.17. The van der Waals surface area contributed by atoms with Crippen LogP contribution in [0.2, 0.25) is 0 Å². The van der Waals surface area contributed by atoms with Crippen molar-refractivity contribution in [2.75, 3.05) is 13.2 Å². The SMILES string of the molecule is CCCCCCCCC1(CCCCCCCC)COc2cscc2OC1. The van der Waals surface area contributed by atoms with Crippen molar-refractivity contribution in [3.8, 4) is 11.5 Å². The van der Waals surface area contributed by atoms with Crippen LogP contribution in [-0.4, -0.2) is 13.2 Å². The quantitative estimate of drug-likeness (QED) is 0.304. The fourth-order valence-electron chi connectivity index (χ4n) is 3.96. The predicted molar refractivity (Wildman–Crippen MR) is 114 cm³/mol. The van der Waals surface area contributed by atoms with E-state index in [0.717, 1.165) is 24.7 Å². The molecule has 0 unspecified atom stereocenters. The highest BCUT2D eigenvalue weighted by atomic mass is 32.1. The van der Waals surface area contributed by atoms with Crippen LogP contribution >= 0.6 is 11.3 Å².